The van der Waals surface area contributed by atoms with Crippen LogP contribution >= 0.6 is 11.3 Å². The Hall–Kier alpha value is -2.76. The second-order valence-corrected chi connectivity index (χ2v) is 11.7. The number of hydrogen-bond donors (Lipinski definition) is 3. The Morgan fingerprint density at radius 1 is 1.21 bits per heavy atom. The van der Waals surface area contributed by atoms with Crippen LogP contribution in [0.3, 0.4) is 0 Å². The number of ether oxygens (including phenoxy) is 1. The van der Waals surface area contributed by atoms with E-state index in [4.69, 9.17) is 4.74 Å². The number of likely N-dealkylation sites (tertiary alicyclic amines) is 2. The maximum Gasteiger partial charge on any atom is 0.411 e. The number of nitrogens with one attached hydrogen (secondary N) is 2. The van der Waals surface area contributed by atoms with Gasteiger partial charge >= 0.3 is 6.09 Å². The van der Waals surface area contributed by atoms with Gasteiger partial charge in [-0.05, 0) is 65.1 Å². The third-order valence-corrected chi connectivity index (χ3v) is 7.94. The summed E-state index contributed by atoms with van der Waals surface area (Å²) in [5, 5.41) is 17.7. The first-order valence-electron chi connectivity index (χ1n) is 13.8. The van der Waals surface area contributed by atoms with Crippen molar-refractivity contribution >= 4 is 44.5 Å². The molecule has 4 rings (SSSR count). The SMILES string of the molecule is CCC.COC(=O)Nc1sc2nc(C)ccc2c1C(=O)N1CCC(N2CCCC(O)(C(=O)NC(C)C)C2)CC1. The van der Waals surface area contributed by atoms with Gasteiger partial charge in [0, 0.05) is 42.8 Å². The predicted molar refractivity (Wildman–Crippen MR) is 154 cm³/mol. The molecule has 0 aromatic carbocycles. The van der Waals surface area contributed by atoms with Gasteiger partial charge in [-0.2, -0.15) is 0 Å². The Kier molecular flexibility index (Phi) is 10.7. The number of thiophene rings is 1. The highest BCUT2D eigenvalue weighted by atomic mass is 32.1. The smallest absolute Gasteiger partial charge is 0.411 e. The van der Waals surface area contributed by atoms with E-state index in [-0.39, 0.29) is 23.9 Å². The number of fused-ring (bicyclic) bond motifs is 1. The number of pyridine rings is 1. The number of aromatic nitrogens is 1. The lowest BCUT2D eigenvalue weighted by atomic mass is 9.89. The van der Waals surface area contributed by atoms with Gasteiger partial charge in [0.05, 0.1) is 12.7 Å². The number of carbonyl (C=O) groups excluding carboxylic acids is 3. The fourth-order valence-electron chi connectivity index (χ4n) is 5.07. The molecular formula is C28H43N5O5S. The van der Waals surface area contributed by atoms with Gasteiger partial charge in [-0.1, -0.05) is 31.6 Å². The molecule has 0 radical (unpaired) electrons. The third-order valence-electron chi connectivity index (χ3n) is 6.92. The predicted octanol–water partition coefficient (Wildman–Crippen LogP) is 4.16. The molecule has 2 aliphatic rings. The molecule has 11 heteroatoms. The maximum absolute atomic E-state index is 13.6. The van der Waals surface area contributed by atoms with Gasteiger partial charge in [0.2, 0.25) is 0 Å². The van der Waals surface area contributed by atoms with Crippen LogP contribution in [0.1, 0.15) is 75.9 Å². The van der Waals surface area contributed by atoms with Crippen molar-refractivity contribution in [3.05, 3.63) is 23.4 Å². The molecule has 0 bridgehead atoms. The quantitative estimate of drug-likeness (QED) is 0.501. The number of amides is 3. The van der Waals surface area contributed by atoms with Gasteiger partial charge in [-0.25, -0.2) is 9.78 Å². The number of anilines is 1. The lowest BCUT2D eigenvalue weighted by molar-refractivity contribution is -0.147. The molecule has 10 nitrogen and oxygen atoms in total. The van der Waals surface area contributed by atoms with E-state index in [0.717, 1.165) is 31.5 Å². The Morgan fingerprint density at radius 3 is 2.49 bits per heavy atom. The largest absolute Gasteiger partial charge is 0.453 e. The summed E-state index contributed by atoms with van der Waals surface area (Å²) in [6.07, 6.45) is 3.30. The van der Waals surface area contributed by atoms with E-state index in [1.807, 2.05) is 37.8 Å². The number of hydrogen-bond acceptors (Lipinski definition) is 8. The number of aryl methyl sites for hydroxylation is 1. The second-order valence-electron chi connectivity index (χ2n) is 10.7. The van der Waals surface area contributed by atoms with Crippen LogP contribution in [0.5, 0.6) is 0 Å². The molecule has 0 aliphatic carbocycles. The van der Waals surface area contributed by atoms with E-state index >= 15 is 0 Å². The lowest BCUT2D eigenvalue weighted by Gasteiger charge is -2.44. The summed E-state index contributed by atoms with van der Waals surface area (Å²) in [4.78, 5) is 47.4. The Morgan fingerprint density at radius 2 is 1.87 bits per heavy atom. The topological polar surface area (TPSA) is 124 Å². The summed E-state index contributed by atoms with van der Waals surface area (Å²) in [6, 6.07) is 3.88. The molecule has 3 N–H and O–H groups in total. The molecule has 4 heterocycles. The second kappa shape index (κ2) is 13.5. The zero-order chi connectivity index (χ0) is 28.7. The fraction of sp³-hybridized carbons (Fsp3) is 0.643. The minimum atomic E-state index is -1.38. The molecule has 3 amide bonds. The van der Waals surface area contributed by atoms with Gasteiger partial charge < -0.3 is 20.1 Å². The first kappa shape index (κ1) is 30.8. The van der Waals surface area contributed by atoms with E-state index in [9.17, 15) is 19.5 Å². The fourth-order valence-corrected chi connectivity index (χ4v) is 6.17. The van der Waals surface area contributed by atoms with Crippen molar-refractivity contribution in [1.29, 1.82) is 0 Å². The number of β-amino-alcohol motifs (C(OH)–C–C–N with tert-alkyl or cyclic N) is 1. The van der Waals surface area contributed by atoms with Gasteiger partial charge in [-0.15, -0.1) is 0 Å². The zero-order valence-electron chi connectivity index (χ0n) is 24.0. The molecule has 2 aromatic heterocycles. The molecule has 216 valence electrons. The molecule has 2 aromatic rings. The molecule has 2 aliphatic heterocycles. The van der Waals surface area contributed by atoms with Crippen molar-refractivity contribution in [2.45, 2.75) is 84.4 Å². The van der Waals surface area contributed by atoms with Crippen LogP contribution in [0.15, 0.2) is 12.1 Å². The Bertz CT molecular complexity index is 1160. The van der Waals surface area contributed by atoms with Crippen molar-refractivity contribution in [2.75, 3.05) is 38.6 Å². The molecule has 2 saturated heterocycles. The van der Waals surface area contributed by atoms with Crippen molar-refractivity contribution in [2.24, 2.45) is 0 Å². The third kappa shape index (κ3) is 7.46. The monoisotopic (exact) mass is 561 g/mol. The number of aliphatic hydroxyl groups is 1. The summed E-state index contributed by atoms with van der Waals surface area (Å²) in [5.41, 5.74) is -0.120. The number of rotatable bonds is 5. The number of nitrogens with zero attached hydrogens (tertiary/aromatic N) is 3. The number of piperidine rings is 2. The van der Waals surface area contributed by atoms with Crippen molar-refractivity contribution < 1.29 is 24.2 Å². The summed E-state index contributed by atoms with van der Waals surface area (Å²) < 4.78 is 4.75. The molecular weight excluding hydrogens is 518 g/mol. The summed E-state index contributed by atoms with van der Waals surface area (Å²) in [5.74, 6) is -0.461. The van der Waals surface area contributed by atoms with Crippen molar-refractivity contribution in [3.8, 4) is 0 Å². The van der Waals surface area contributed by atoms with E-state index in [2.05, 4.69) is 34.4 Å². The molecule has 0 spiro atoms. The summed E-state index contributed by atoms with van der Waals surface area (Å²) in [7, 11) is 1.28. The van der Waals surface area contributed by atoms with Crippen LogP contribution in [-0.4, -0.2) is 88.8 Å². The van der Waals surface area contributed by atoms with Crippen molar-refractivity contribution in [1.82, 2.24) is 20.1 Å². The lowest BCUT2D eigenvalue weighted by Crippen LogP contribution is -2.60. The summed E-state index contributed by atoms with van der Waals surface area (Å²) >= 11 is 1.26. The van der Waals surface area contributed by atoms with Crippen LogP contribution in [0.4, 0.5) is 9.80 Å². The zero-order valence-corrected chi connectivity index (χ0v) is 24.8. The van der Waals surface area contributed by atoms with Gasteiger partial charge in [0.1, 0.15) is 9.83 Å². The first-order valence-corrected chi connectivity index (χ1v) is 14.7. The van der Waals surface area contributed by atoms with E-state index in [1.54, 1.807) is 0 Å². The minimum Gasteiger partial charge on any atom is -0.453 e. The average Bonchev–Trinajstić information content (AvgIpc) is 3.25. The van der Waals surface area contributed by atoms with Crippen LogP contribution < -0.4 is 10.6 Å². The van der Waals surface area contributed by atoms with E-state index in [1.165, 1.54) is 24.9 Å². The first-order chi connectivity index (χ1) is 18.5. The van der Waals surface area contributed by atoms with Crippen LogP contribution in [0, 0.1) is 6.92 Å². The standard InChI is InChI=1S/C25H35N5O5S.C3H8/c1-15(2)26-23(32)25(34)10-5-11-30(14-25)17-8-12-29(13-9-17)22(31)19-18-7-6-16(3)27-20(18)36-21(19)28-24(33)35-4;1-3-2/h6-7,15,17,34H,5,8-14H2,1-4H3,(H,26,32)(H,28,33);3H2,1-2H3. The highest BCUT2D eigenvalue weighted by molar-refractivity contribution is 7.23. The maximum atomic E-state index is 13.6. The van der Waals surface area contributed by atoms with Gasteiger partial charge in [-0.3, -0.25) is 19.8 Å². The normalized spacial score (nSPS) is 20.4. The van der Waals surface area contributed by atoms with Gasteiger partial charge in [0.15, 0.2) is 5.60 Å². The Balaban J connectivity index is 0.00000134. The average molecular weight is 562 g/mol. The molecule has 1 atom stereocenters. The highest BCUT2D eigenvalue weighted by Gasteiger charge is 2.43. The van der Waals surface area contributed by atoms with Crippen molar-refractivity contribution in [3.63, 3.8) is 0 Å². The number of methoxy groups -OCH3 is 1. The van der Waals surface area contributed by atoms with Crippen LogP contribution in [-0.2, 0) is 9.53 Å². The van der Waals surface area contributed by atoms with Gasteiger partial charge in [0.25, 0.3) is 11.8 Å². The highest BCUT2D eigenvalue weighted by Crippen LogP contribution is 2.37. The van der Waals surface area contributed by atoms with E-state index in [0.29, 0.717) is 46.8 Å². The molecule has 39 heavy (non-hydrogen) atoms. The molecule has 1 unspecified atom stereocenters. The Labute approximate surface area is 235 Å². The molecule has 2 fully saturated rings. The minimum absolute atomic E-state index is 0.0305. The number of carbonyl (C=O) groups is 3. The summed E-state index contributed by atoms with van der Waals surface area (Å²) in [6.45, 7) is 12.1. The van der Waals surface area contributed by atoms with E-state index < -0.39 is 11.7 Å². The van der Waals surface area contributed by atoms with Crippen LogP contribution in [0.2, 0.25) is 0 Å². The molecule has 0 saturated carbocycles. The van der Waals surface area contributed by atoms with Crippen LogP contribution in [0.25, 0.3) is 10.2 Å².